The molecule has 168 valence electrons. The van der Waals surface area contributed by atoms with Gasteiger partial charge in [0, 0.05) is 0 Å². The third kappa shape index (κ3) is 5.32. The van der Waals surface area contributed by atoms with E-state index in [-0.39, 0.29) is 17.6 Å². The molecule has 0 unspecified atom stereocenters. The first-order valence-corrected chi connectivity index (χ1v) is 12.3. The Morgan fingerprint density at radius 1 is 1.13 bits per heavy atom. The summed E-state index contributed by atoms with van der Waals surface area (Å²) in [5.41, 5.74) is 2.56. The summed E-state index contributed by atoms with van der Waals surface area (Å²) in [6.07, 6.45) is 2.58. The SMILES string of the molecule is O=S(=O)(c1ccc(F)cc1)N1CC[NH+](C[C@H](O)CO[C@H]2CCCc3ccccc32)CC1. The Morgan fingerprint density at radius 2 is 1.84 bits per heavy atom. The van der Waals surface area contributed by atoms with Crippen LogP contribution in [-0.2, 0) is 21.2 Å². The van der Waals surface area contributed by atoms with Gasteiger partial charge in [0.05, 0.1) is 43.8 Å². The van der Waals surface area contributed by atoms with Crippen LogP contribution in [-0.4, -0.2) is 63.3 Å². The molecule has 1 fully saturated rings. The first-order chi connectivity index (χ1) is 14.9. The second kappa shape index (κ2) is 9.75. The number of benzene rings is 2. The smallest absolute Gasteiger partial charge is 0.243 e. The topological polar surface area (TPSA) is 71.3 Å². The van der Waals surface area contributed by atoms with Gasteiger partial charge in [-0.05, 0) is 54.7 Å². The molecular weight excluding hydrogens is 419 g/mol. The molecule has 0 amide bonds. The second-order valence-corrected chi connectivity index (χ2v) is 10.3. The zero-order valence-electron chi connectivity index (χ0n) is 17.5. The van der Waals surface area contributed by atoms with Gasteiger partial charge in [-0.3, -0.25) is 0 Å². The van der Waals surface area contributed by atoms with E-state index < -0.39 is 21.9 Å². The maximum atomic E-state index is 13.1. The van der Waals surface area contributed by atoms with Crippen molar-refractivity contribution in [2.45, 2.75) is 36.4 Å². The lowest BCUT2D eigenvalue weighted by Crippen LogP contribution is -3.15. The molecule has 2 aromatic carbocycles. The quantitative estimate of drug-likeness (QED) is 0.666. The van der Waals surface area contributed by atoms with E-state index in [1.54, 1.807) is 0 Å². The summed E-state index contributed by atoms with van der Waals surface area (Å²) in [5.74, 6) is -0.457. The highest BCUT2D eigenvalue weighted by molar-refractivity contribution is 7.89. The van der Waals surface area contributed by atoms with Gasteiger partial charge in [-0.15, -0.1) is 0 Å². The van der Waals surface area contributed by atoms with Crippen LogP contribution in [0.1, 0.15) is 30.1 Å². The minimum absolute atomic E-state index is 0.0345. The maximum Gasteiger partial charge on any atom is 0.243 e. The van der Waals surface area contributed by atoms with Crippen LogP contribution in [0.25, 0.3) is 0 Å². The van der Waals surface area contributed by atoms with Gasteiger partial charge in [0.1, 0.15) is 18.5 Å². The van der Waals surface area contributed by atoms with E-state index in [0.29, 0.717) is 32.7 Å². The van der Waals surface area contributed by atoms with E-state index in [4.69, 9.17) is 4.74 Å². The van der Waals surface area contributed by atoms with E-state index in [9.17, 15) is 17.9 Å². The molecule has 6 nitrogen and oxygen atoms in total. The molecule has 0 spiro atoms. The average molecular weight is 450 g/mol. The molecule has 0 radical (unpaired) electrons. The summed E-state index contributed by atoms with van der Waals surface area (Å²) in [7, 11) is -3.62. The van der Waals surface area contributed by atoms with Gasteiger partial charge in [0.25, 0.3) is 0 Å². The van der Waals surface area contributed by atoms with Crippen molar-refractivity contribution in [2.75, 3.05) is 39.3 Å². The number of hydrogen-bond acceptors (Lipinski definition) is 4. The fourth-order valence-corrected chi connectivity index (χ4v) is 5.95. The van der Waals surface area contributed by atoms with Crippen molar-refractivity contribution in [2.24, 2.45) is 0 Å². The minimum Gasteiger partial charge on any atom is -0.385 e. The van der Waals surface area contributed by atoms with Crippen LogP contribution in [0.3, 0.4) is 0 Å². The first kappa shape index (κ1) is 22.4. The summed E-state index contributed by atoms with van der Waals surface area (Å²) in [5, 5.41) is 10.5. The van der Waals surface area contributed by atoms with Gasteiger partial charge in [-0.1, -0.05) is 24.3 Å². The standard InChI is InChI=1S/C23H29FN2O4S/c24-19-8-10-21(11-9-19)31(28,29)26-14-12-25(13-15-26)16-20(27)17-30-23-7-3-5-18-4-1-2-6-22(18)23/h1-2,4,6,8-11,20,23,27H,3,5,7,12-17H2/p+1/t20-,23-/m0/s1. The number of nitrogens with one attached hydrogen (secondary N) is 1. The van der Waals surface area contributed by atoms with Crippen molar-refractivity contribution in [1.82, 2.24) is 4.31 Å². The predicted octanol–water partition coefficient (Wildman–Crippen LogP) is 1.17. The molecule has 2 N–H and O–H groups in total. The molecular formula is C23H30FN2O4S+. The summed E-state index contributed by atoms with van der Waals surface area (Å²) >= 11 is 0. The number of piperazine rings is 1. The molecule has 2 aliphatic rings. The Bertz CT molecular complexity index is 975. The number of sulfonamides is 1. The first-order valence-electron chi connectivity index (χ1n) is 10.9. The van der Waals surface area contributed by atoms with Crippen LogP contribution in [0.4, 0.5) is 4.39 Å². The summed E-state index contributed by atoms with van der Waals surface area (Å²) in [6, 6.07) is 13.3. The number of nitrogens with zero attached hydrogens (tertiary/aromatic N) is 1. The van der Waals surface area contributed by atoms with E-state index in [1.165, 1.54) is 27.6 Å². The molecule has 0 aromatic heterocycles. The fraction of sp³-hybridized carbons (Fsp3) is 0.478. The summed E-state index contributed by atoms with van der Waals surface area (Å²) in [4.78, 5) is 1.27. The molecule has 4 rings (SSSR count). The summed E-state index contributed by atoms with van der Waals surface area (Å²) < 4.78 is 46.1. The van der Waals surface area contributed by atoms with E-state index in [2.05, 4.69) is 18.2 Å². The van der Waals surface area contributed by atoms with Gasteiger partial charge >= 0.3 is 0 Å². The Balaban J connectivity index is 1.25. The Kier molecular flexibility index (Phi) is 7.03. The van der Waals surface area contributed by atoms with Crippen LogP contribution in [0.15, 0.2) is 53.4 Å². The second-order valence-electron chi connectivity index (χ2n) is 8.38. The Hall–Kier alpha value is -1.84. The van der Waals surface area contributed by atoms with Gasteiger partial charge in [-0.2, -0.15) is 4.31 Å². The Morgan fingerprint density at radius 3 is 2.58 bits per heavy atom. The third-order valence-corrected chi connectivity index (χ3v) is 8.12. The third-order valence-electron chi connectivity index (χ3n) is 6.21. The number of rotatable bonds is 7. The molecule has 1 saturated heterocycles. The molecule has 8 heteroatoms. The van der Waals surface area contributed by atoms with E-state index in [1.807, 2.05) is 6.07 Å². The van der Waals surface area contributed by atoms with Crippen molar-refractivity contribution in [3.05, 3.63) is 65.5 Å². The number of halogens is 1. The highest BCUT2D eigenvalue weighted by atomic mass is 32.2. The highest BCUT2D eigenvalue weighted by Gasteiger charge is 2.31. The fourth-order valence-electron chi connectivity index (χ4n) is 4.50. The number of quaternary nitrogens is 1. The molecule has 0 bridgehead atoms. The lowest BCUT2D eigenvalue weighted by Gasteiger charge is -2.33. The van der Waals surface area contributed by atoms with Crippen LogP contribution < -0.4 is 4.90 Å². The van der Waals surface area contributed by atoms with Crippen LogP contribution >= 0.6 is 0 Å². The monoisotopic (exact) mass is 449 g/mol. The van der Waals surface area contributed by atoms with Crippen molar-refractivity contribution in [3.63, 3.8) is 0 Å². The largest absolute Gasteiger partial charge is 0.385 e. The van der Waals surface area contributed by atoms with Gasteiger partial charge in [-0.25, -0.2) is 12.8 Å². The minimum atomic E-state index is -3.62. The molecule has 1 heterocycles. The molecule has 2 atom stereocenters. The van der Waals surface area contributed by atoms with Crippen molar-refractivity contribution < 1.29 is 27.6 Å². The zero-order valence-corrected chi connectivity index (χ0v) is 18.4. The van der Waals surface area contributed by atoms with Crippen LogP contribution in [0, 0.1) is 5.82 Å². The van der Waals surface area contributed by atoms with Crippen molar-refractivity contribution in [3.8, 4) is 0 Å². The molecule has 2 aromatic rings. The predicted molar refractivity (Wildman–Crippen MR) is 115 cm³/mol. The number of aliphatic hydroxyl groups is 1. The number of aliphatic hydroxyl groups excluding tert-OH is 1. The van der Waals surface area contributed by atoms with Crippen LogP contribution in [0.2, 0.25) is 0 Å². The number of ether oxygens (including phenoxy) is 1. The normalized spacial score (nSPS) is 21.5. The lowest BCUT2D eigenvalue weighted by molar-refractivity contribution is -0.906. The van der Waals surface area contributed by atoms with Gasteiger partial charge < -0.3 is 14.7 Å². The van der Waals surface area contributed by atoms with Gasteiger partial charge in [0.15, 0.2) is 0 Å². The summed E-state index contributed by atoms with van der Waals surface area (Å²) in [6.45, 7) is 2.78. The molecule has 0 saturated carbocycles. The maximum absolute atomic E-state index is 13.1. The zero-order chi connectivity index (χ0) is 21.8. The number of hydrogen-bond donors (Lipinski definition) is 2. The number of aryl methyl sites for hydroxylation is 1. The Labute approximate surface area is 183 Å². The van der Waals surface area contributed by atoms with Crippen LogP contribution in [0.5, 0.6) is 0 Å². The molecule has 1 aliphatic carbocycles. The van der Waals surface area contributed by atoms with E-state index >= 15 is 0 Å². The average Bonchev–Trinajstić information content (AvgIpc) is 2.78. The van der Waals surface area contributed by atoms with Gasteiger partial charge in [0.2, 0.25) is 10.0 Å². The lowest BCUT2D eigenvalue weighted by atomic mass is 9.89. The highest BCUT2D eigenvalue weighted by Crippen LogP contribution is 2.32. The molecule has 1 aliphatic heterocycles. The molecule has 31 heavy (non-hydrogen) atoms. The van der Waals surface area contributed by atoms with Crippen molar-refractivity contribution >= 4 is 10.0 Å². The van der Waals surface area contributed by atoms with Crippen molar-refractivity contribution in [1.29, 1.82) is 0 Å². The van der Waals surface area contributed by atoms with E-state index in [0.717, 1.165) is 36.3 Å². The number of fused-ring (bicyclic) bond motifs is 1.